The molecule has 0 spiro atoms. The van der Waals surface area contributed by atoms with Crippen LogP contribution in [0.5, 0.6) is 0 Å². The van der Waals surface area contributed by atoms with E-state index in [4.69, 9.17) is 0 Å². The van der Waals surface area contributed by atoms with Crippen LogP contribution in [0.1, 0.15) is 38.7 Å². The van der Waals surface area contributed by atoms with Crippen LogP contribution in [0.4, 0.5) is 0 Å². The summed E-state index contributed by atoms with van der Waals surface area (Å²) < 4.78 is 1.54. The van der Waals surface area contributed by atoms with E-state index in [2.05, 4.69) is 4.98 Å². The SMILES string of the molecule is Cc1cn([C@H]2C[NH2+][C@@H](CN3C(=O)c4ccccc4C3=O)C2)c(=O)[nH]c1=O. The fraction of sp³-hybridized carbons (Fsp3) is 0.333. The molecule has 0 bridgehead atoms. The van der Waals surface area contributed by atoms with Gasteiger partial charge in [-0.1, -0.05) is 12.1 Å². The van der Waals surface area contributed by atoms with Crippen LogP contribution in [0.25, 0.3) is 0 Å². The number of carbonyl (C=O) groups is 2. The number of hydrogen-bond acceptors (Lipinski definition) is 4. The second kappa shape index (κ2) is 6.06. The third-order valence-electron chi connectivity index (χ3n) is 5.15. The highest BCUT2D eigenvalue weighted by molar-refractivity contribution is 6.21. The summed E-state index contributed by atoms with van der Waals surface area (Å²) in [6, 6.07) is 6.75. The first-order valence-corrected chi connectivity index (χ1v) is 8.56. The Balaban J connectivity index is 1.50. The van der Waals surface area contributed by atoms with Gasteiger partial charge in [0.05, 0.1) is 30.3 Å². The summed E-state index contributed by atoms with van der Waals surface area (Å²) in [6.45, 7) is 2.61. The number of H-pyrrole nitrogens is 1. The molecular weight excluding hydrogens is 336 g/mol. The van der Waals surface area contributed by atoms with Crippen molar-refractivity contribution in [3.05, 3.63) is 68.0 Å². The maximum Gasteiger partial charge on any atom is 0.328 e. The van der Waals surface area contributed by atoms with Gasteiger partial charge in [0.25, 0.3) is 17.4 Å². The number of benzene rings is 1. The number of nitrogens with zero attached hydrogens (tertiary/aromatic N) is 2. The topological polar surface area (TPSA) is 109 Å². The summed E-state index contributed by atoms with van der Waals surface area (Å²) in [5, 5.41) is 2.04. The number of imide groups is 1. The second-order valence-corrected chi connectivity index (χ2v) is 6.87. The van der Waals surface area contributed by atoms with Gasteiger partial charge in [-0.05, 0) is 19.1 Å². The van der Waals surface area contributed by atoms with Crippen LogP contribution in [0.3, 0.4) is 0 Å². The number of rotatable bonds is 3. The number of aromatic amines is 1. The number of amides is 2. The van der Waals surface area contributed by atoms with Crippen molar-refractivity contribution in [2.75, 3.05) is 13.1 Å². The summed E-state index contributed by atoms with van der Waals surface area (Å²) in [4.78, 5) is 52.1. The second-order valence-electron chi connectivity index (χ2n) is 6.87. The predicted octanol–water partition coefficient (Wildman–Crippen LogP) is -0.982. The number of hydrogen-bond donors (Lipinski definition) is 2. The Morgan fingerprint density at radius 2 is 1.77 bits per heavy atom. The van der Waals surface area contributed by atoms with Gasteiger partial charge in [0.1, 0.15) is 6.04 Å². The van der Waals surface area contributed by atoms with Crippen molar-refractivity contribution in [2.45, 2.75) is 25.4 Å². The summed E-state index contributed by atoms with van der Waals surface area (Å²) in [7, 11) is 0. The molecule has 1 aromatic carbocycles. The minimum absolute atomic E-state index is 0.0151. The average molecular weight is 355 g/mol. The molecular formula is C18H19N4O4+. The summed E-state index contributed by atoms with van der Waals surface area (Å²) >= 11 is 0. The van der Waals surface area contributed by atoms with Crippen LogP contribution >= 0.6 is 0 Å². The lowest BCUT2D eigenvalue weighted by Crippen LogP contribution is -2.88. The first-order valence-electron chi connectivity index (χ1n) is 8.56. The smallest absolute Gasteiger partial charge is 0.328 e. The van der Waals surface area contributed by atoms with Crippen LogP contribution < -0.4 is 16.6 Å². The van der Waals surface area contributed by atoms with Gasteiger partial charge in [0.2, 0.25) is 0 Å². The maximum atomic E-state index is 12.5. The molecule has 3 heterocycles. The minimum Gasteiger partial charge on any atom is -0.341 e. The largest absolute Gasteiger partial charge is 0.341 e. The van der Waals surface area contributed by atoms with Gasteiger partial charge in [-0.3, -0.25) is 28.8 Å². The molecule has 4 rings (SSSR count). The van der Waals surface area contributed by atoms with Crippen LogP contribution in [-0.4, -0.2) is 45.4 Å². The lowest BCUT2D eigenvalue weighted by molar-refractivity contribution is -0.670. The first kappa shape index (κ1) is 16.5. The average Bonchev–Trinajstić information content (AvgIpc) is 3.18. The van der Waals surface area contributed by atoms with E-state index in [1.165, 1.54) is 9.47 Å². The van der Waals surface area contributed by atoms with Gasteiger partial charge in [-0.25, -0.2) is 4.79 Å². The molecule has 0 saturated carbocycles. The van der Waals surface area contributed by atoms with Crippen LogP contribution in [0.2, 0.25) is 0 Å². The highest BCUT2D eigenvalue weighted by Gasteiger charge is 2.39. The van der Waals surface area contributed by atoms with Crippen LogP contribution in [0, 0.1) is 6.92 Å². The standard InChI is InChI=1S/C18H18N4O4/c1-10-8-21(18(26)20-15(10)23)12-6-11(19-7-12)9-22-16(24)13-4-2-3-5-14(13)17(22)25/h2-5,8,11-12,19H,6-7,9H2,1H3,(H,20,23,26)/p+1/t11-,12-/m1/s1. The van der Waals surface area contributed by atoms with Gasteiger partial charge in [-0.2, -0.15) is 0 Å². The molecule has 2 aliphatic heterocycles. The molecule has 1 aromatic heterocycles. The number of carbonyl (C=O) groups excluding carboxylic acids is 2. The number of nitrogens with two attached hydrogens (primary N) is 1. The van der Waals surface area contributed by atoms with E-state index in [1.54, 1.807) is 37.4 Å². The Morgan fingerprint density at radius 3 is 2.42 bits per heavy atom. The molecule has 0 unspecified atom stereocenters. The summed E-state index contributed by atoms with van der Waals surface area (Å²) in [6.07, 6.45) is 2.21. The van der Waals surface area contributed by atoms with Crippen LogP contribution in [0.15, 0.2) is 40.1 Å². The summed E-state index contributed by atoms with van der Waals surface area (Å²) in [5.41, 5.74) is 0.559. The van der Waals surface area contributed by atoms with Gasteiger partial charge >= 0.3 is 5.69 Å². The first-order chi connectivity index (χ1) is 12.5. The lowest BCUT2D eigenvalue weighted by Gasteiger charge is -2.17. The monoisotopic (exact) mass is 355 g/mol. The molecule has 0 aliphatic carbocycles. The molecule has 2 aliphatic rings. The van der Waals surface area contributed by atoms with E-state index in [0.29, 0.717) is 36.2 Å². The van der Waals surface area contributed by atoms with E-state index < -0.39 is 5.69 Å². The zero-order valence-corrected chi connectivity index (χ0v) is 14.3. The molecule has 134 valence electrons. The van der Waals surface area contributed by atoms with Gasteiger partial charge in [0, 0.05) is 18.2 Å². The van der Waals surface area contributed by atoms with E-state index in [1.807, 2.05) is 5.32 Å². The van der Waals surface area contributed by atoms with E-state index in [9.17, 15) is 19.2 Å². The van der Waals surface area contributed by atoms with Crippen molar-refractivity contribution in [1.29, 1.82) is 0 Å². The lowest BCUT2D eigenvalue weighted by atomic mass is 10.1. The fourth-order valence-corrected chi connectivity index (χ4v) is 3.76. The molecule has 3 N–H and O–H groups in total. The highest BCUT2D eigenvalue weighted by Crippen LogP contribution is 2.23. The molecule has 2 amide bonds. The quantitative estimate of drug-likeness (QED) is 0.690. The van der Waals surface area contributed by atoms with E-state index in [-0.39, 0.29) is 29.5 Å². The van der Waals surface area contributed by atoms with Crippen LogP contribution in [-0.2, 0) is 0 Å². The number of aromatic nitrogens is 2. The molecule has 1 fully saturated rings. The molecule has 26 heavy (non-hydrogen) atoms. The Labute approximate surface area is 148 Å². The van der Waals surface area contributed by atoms with Crippen molar-refractivity contribution in [3.63, 3.8) is 0 Å². The Morgan fingerprint density at radius 1 is 1.12 bits per heavy atom. The van der Waals surface area contributed by atoms with Crippen molar-refractivity contribution in [1.82, 2.24) is 14.5 Å². The third-order valence-corrected chi connectivity index (χ3v) is 5.15. The highest BCUT2D eigenvalue weighted by atomic mass is 16.2. The van der Waals surface area contributed by atoms with E-state index in [0.717, 1.165) is 0 Å². The van der Waals surface area contributed by atoms with Gasteiger partial charge < -0.3 is 5.32 Å². The normalized spacial score (nSPS) is 22.1. The zero-order chi connectivity index (χ0) is 18.4. The van der Waals surface area contributed by atoms with Crippen molar-refractivity contribution in [3.8, 4) is 0 Å². The summed E-state index contributed by atoms with van der Waals surface area (Å²) in [5.74, 6) is -0.529. The third kappa shape index (κ3) is 2.59. The molecule has 8 nitrogen and oxygen atoms in total. The molecule has 2 atom stereocenters. The van der Waals surface area contributed by atoms with E-state index >= 15 is 0 Å². The number of aryl methyl sites for hydroxylation is 1. The Kier molecular flexibility index (Phi) is 3.84. The van der Waals surface area contributed by atoms with Crippen molar-refractivity contribution in [2.24, 2.45) is 0 Å². The van der Waals surface area contributed by atoms with Gasteiger partial charge in [0.15, 0.2) is 0 Å². The predicted molar refractivity (Wildman–Crippen MR) is 92.1 cm³/mol. The van der Waals surface area contributed by atoms with Gasteiger partial charge in [-0.15, -0.1) is 0 Å². The minimum atomic E-state index is -0.430. The fourth-order valence-electron chi connectivity index (χ4n) is 3.76. The number of nitrogens with one attached hydrogen (secondary N) is 1. The molecule has 2 aromatic rings. The Bertz CT molecular complexity index is 987. The molecule has 0 radical (unpaired) electrons. The molecule has 1 saturated heterocycles. The maximum absolute atomic E-state index is 12.5. The van der Waals surface area contributed by atoms with Crippen molar-refractivity contribution < 1.29 is 14.9 Å². The zero-order valence-electron chi connectivity index (χ0n) is 14.3. The number of quaternary nitrogens is 1. The number of fused-ring (bicyclic) bond motifs is 1. The Hall–Kier alpha value is -3.00. The molecule has 8 heteroatoms. The van der Waals surface area contributed by atoms with Crippen molar-refractivity contribution >= 4 is 11.8 Å².